The van der Waals surface area contributed by atoms with E-state index >= 15 is 0 Å². The van der Waals surface area contributed by atoms with Crippen molar-refractivity contribution in [3.8, 4) is 0 Å². The molecular formula is C21H27N5O2. The number of aromatic nitrogens is 2. The molecule has 4 rings (SSSR count). The summed E-state index contributed by atoms with van der Waals surface area (Å²) in [6.45, 7) is 5.85. The number of benzene rings is 1. The van der Waals surface area contributed by atoms with Crippen LogP contribution in [0.3, 0.4) is 0 Å². The van der Waals surface area contributed by atoms with Gasteiger partial charge in [0, 0.05) is 44.0 Å². The molecule has 28 heavy (non-hydrogen) atoms. The van der Waals surface area contributed by atoms with E-state index in [0.29, 0.717) is 5.92 Å². The fourth-order valence-corrected chi connectivity index (χ4v) is 3.81. The molecule has 3 heterocycles. The zero-order valence-corrected chi connectivity index (χ0v) is 16.1. The van der Waals surface area contributed by atoms with Crippen molar-refractivity contribution in [2.45, 2.75) is 12.8 Å². The van der Waals surface area contributed by atoms with E-state index in [1.54, 1.807) is 12.4 Å². The maximum atomic E-state index is 12.8. The molecule has 2 fully saturated rings. The molecule has 7 heteroatoms. The van der Waals surface area contributed by atoms with Gasteiger partial charge in [-0.05, 0) is 43.0 Å². The van der Waals surface area contributed by atoms with Crippen molar-refractivity contribution in [3.63, 3.8) is 0 Å². The highest BCUT2D eigenvalue weighted by molar-refractivity contribution is 5.94. The number of ether oxygens (including phenoxy) is 1. The van der Waals surface area contributed by atoms with Crippen LogP contribution in [0.5, 0.6) is 0 Å². The van der Waals surface area contributed by atoms with Gasteiger partial charge in [0.2, 0.25) is 0 Å². The zero-order valence-electron chi connectivity index (χ0n) is 16.1. The summed E-state index contributed by atoms with van der Waals surface area (Å²) in [6.07, 6.45) is 7.12. The second kappa shape index (κ2) is 9.01. The van der Waals surface area contributed by atoms with E-state index in [0.717, 1.165) is 75.7 Å². The third-order valence-electron chi connectivity index (χ3n) is 5.55. The third-order valence-corrected chi connectivity index (χ3v) is 5.55. The summed E-state index contributed by atoms with van der Waals surface area (Å²) in [6, 6.07) is 8.01. The van der Waals surface area contributed by atoms with Crippen LogP contribution in [0.4, 0.5) is 11.4 Å². The molecule has 0 unspecified atom stereocenters. The molecule has 2 aromatic rings. The number of morpholine rings is 1. The normalized spacial score (nSPS) is 18.1. The summed E-state index contributed by atoms with van der Waals surface area (Å²) in [5.41, 5.74) is 2.88. The number of carbonyl (C=O) groups is 1. The van der Waals surface area contributed by atoms with E-state index in [4.69, 9.17) is 4.74 Å². The quantitative estimate of drug-likeness (QED) is 0.857. The molecule has 0 spiro atoms. The highest BCUT2D eigenvalue weighted by Crippen LogP contribution is 2.22. The second-order valence-corrected chi connectivity index (χ2v) is 7.39. The van der Waals surface area contributed by atoms with Gasteiger partial charge in [-0.15, -0.1) is 0 Å². The van der Waals surface area contributed by atoms with Crippen LogP contribution in [-0.4, -0.2) is 66.7 Å². The van der Waals surface area contributed by atoms with Gasteiger partial charge in [0.1, 0.15) is 6.33 Å². The van der Waals surface area contributed by atoms with Crippen LogP contribution in [-0.2, 0) is 4.74 Å². The van der Waals surface area contributed by atoms with Crippen LogP contribution in [0.25, 0.3) is 0 Å². The van der Waals surface area contributed by atoms with Crippen LogP contribution >= 0.6 is 0 Å². The lowest BCUT2D eigenvalue weighted by Crippen LogP contribution is -2.40. The monoisotopic (exact) mass is 381 g/mol. The number of carbonyl (C=O) groups excluding carboxylic acids is 1. The molecule has 2 aliphatic heterocycles. The predicted molar refractivity (Wildman–Crippen MR) is 109 cm³/mol. The first-order valence-electron chi connectivity index (χ1n) is 10.0. The Hall–Kier alpha value is -2.67. The number of hydrogen-bond acceptors (Lipinski definition) is 6. The van der Waals surface area contributed by atoms with Gasteiger partial charge in [-0.1, -0.05) is 0 Å². The molecule has 2 aliphatic rings. The largest absolute Gasteiger partial charge is 0.382 e. The molecule has 0 radical (unpaired) electrons. The fourth-order valence-electron chi connectivity index (χ4n) is 3.81. The standard InChI is InChI=1S/C21H27N5O2/c27-21(18-1-3-20(4-2-18)25-9-11-28-12-10-25)26-7-5-17(6-8-26)13-24-19-14-22-16-23-15-19/h1-4,14-17,24H,5-13H2. The number of nitrogens with zero attached hydrogens (tertiary/aromatic N) is 4. The number of hydrogen-bond donors (Lipinski definition) is 1. The van der Waals surface area contributed by atoms with E-state index in [-0.39, 0.29) is 5.91 Å². The van der Waals surface area contributed by atoms with Crippen LogP contribution in [0.1, 0.15) is 23.2 Å². The molecule has 0 saturated carbocycles. The minimum absolute atomic E-state index is 0.136. The van der Waals surface area contributed by atoms with Gasteiger partial charge in [0.25, 0.3) is 5.91 Å². The maximum Gasteiger partial charge on any atom is 0.253 e. The van der Waals surface area contributed by atoms with E-state index in [1.165, 1.54) is 6.33 Å². The Morgan fingerprint density at radius 3 is 2.39 bits per heavy atom. The number of amides is 1. The first-order chi connectivity index (χ1) is 13.8. The van der Waals surface area contributed by atoms with Crippen molar-refractivity contribution >= 4 is 17.3 Å². The molecule has 2 saturated heterocycles. The van der Waals surface area contributed by atoms with Crippen molar-refractivity contribution in [1.82, 2.24) is 14.9 Å². The molecule has 148 valence electrons. The predicted octanol–water partition coefficient (Wildman–Crippen LogP) is 2.28. The molecular weight excluding hydrogens is 354 g/mol. The zero-order chi connectivity index (χ0) is 19.2. The van der Waals surface area contributed by atoms with Crippen LogP contribution in [0.2, 0.25) is 0 Å². The Morgan fingerprint density at radius 2 is 1.71 bits per heavy atom. The van der Waals surface area contributed by atoms with Crippen LogP contribution in [0, 0.1) is 5.92 Å². The summed E-state index contributed by atoms with van der Waals surface area (Å²) < 4.78 is 5.40. The van der Waals surface area contributed by atoms with Crippen LogP contribution in [0.15, 0.2) is 43.0 Å². The Morgan fingerprint density at radius 1 is 1.04 bits per heavy atom. The van der Waals surface area contributed by atoms with E-state index in [2.05, 4.69) is 32.3 Å². The van der Waals surface area contributed by atoms with Crippen molar-refractivity contribution in [2.24, 2.45) is 5.92 Å². The van der Waals surface area contributed by atoms with Gasteiger partial charge >= 0.3 is 0 Å². The SMILES string of the molecule is O=C(c1ccc(N2CCOCC2)cc1)N1CCC(CNc2cncnc2)CC1. The van der Waals surface area contributed by atoms with Crippen LogP contribution < -0.4 is 10.2 Å². The van der Waals surface area contributed by atoms with Crippen molar-refractivity contribution in [3.05, 3.63) is 48.5 Å². The summed E-state index contributed by atoms with van der Waals surface area (Å²) in [4.78, 5) is 25.1. The van der Waals surface area contributed by atoms with Gasteiger partial charge in [-0.3, -0.25) is 4.79 Å². The van der Waals surface area contributed by atoms with Gasteiger partial charge in [-0.25, -0.2) is 9.97 Å². The Kier molecular flexibility index (Phi) is 6.01. The Bertz CT molecular complexity index is 754. The lowest BCUT2D eigenvalue weighted by molar-refractivity contribution is 0.0695. The topological polar surface area (TPSA) is 70.6 Å². The molecule has 1 N–H and O–H groups in total. The lowest BCUT2D eigenvalue weighted by atomic mass is 9.96. The van der Waals surface area contributed by atoms with E-state index in [1.807, 2.05) is 17.0 Å². The molecule has 1 amide bonds. The Labute approximate surface area is 165 Å². The van der Waals surface area contributed by atoms with E-state index in [9.17, 15) is 4.79 Å². The van der Waals surface area contributed by atoms with Crippen molar-refractivity contribution in [2.75, 3.05) is 56.2 Å². The number of nitrogens with one attached hydrogen (secondary N) is 1. The second-order valence-electron chi connectivity index (χ2n) is 7.39. The maximum absolute atomic E-state index is 12.8. The average molecular weight is 381 g/mol. The molecule has 1 aromatic heterocycles. The molecule has 1 aromatic carbocycles. The first kappa shape index (κ1) is 18.7. The lowest BCUT2D eigenvalue weighted by Gasteiger charge is -2.32. The number of likely N-dealkylation sites (tertiary alicyclic amines) is 1. The minimum Gasteiger partial charge on any atom is -0.382 e. The molecule has 7 nitrogen and oxygen atoms in total. The van der Waals surface area contributed by atoms with Gasteiger partial charge < -0.3 is 19.9 Å². The molecule has 0 atom stereocenters. The van der Waals surface area contributed by atoms with Gasteiger partial charge in [-0.2, -0.15) is 0 Å². The number of rotatable bonds is 5. The summed E-state index contributed by atoms with van der Waals surface area (Å²) in [5, 5.41) is 3.39. The molecule has 0 aliphatic carbocycles. The first-order valence-corrected chi connectivity index (χ1v) is 10.0. The average Bonchev–Trinajstić information content (AvgIpc) is 2.79. The summed E-state index contributed by atoms with van der Waals surface area (Å²) in [7, 11) is 0. The van der Waals surface area contributed by atoms with Crippen molar-refractivity contribution in [1.29, 1.82) is 0 Å². The number of anilines is 2. The fraction of sp³-hybridized carbons (Fsp3) is 0.476. The Balaban J connectivity index is 1.26. The smallest absolute Gasteiger partial charge is 0.253 e. The van der Waals surface area contributed by atoms with Crippen molar-refractivity contribution < 1.29 is 9.53 Å². The van der Waals surface area contributed by atoms with Gasteiger partial charge in [0.15, 0.2) is 0 Å². The molecule has 0 bridgehead atoms. The highest BCUT2D eigenvalue weighted by Gasteiger charge is 2.23. The third kappa shape index (κ3) is 4.59. The summed E-state index contributed by atoms with van der Waals surface area (Å²) >= 11 is 0. The number of piperidine rings is 1. The summed E-state index contributed by atoms with van der Waals surface area (Å²) in [5.74, 6) is 0.698. The van der Waals surface area contributed by atoms with E-state index < -0.39 is 0 Å². The van der Waals surface area contributed by atoms with Gasteiger partial charge in [0.05, 0.1) is 31.3 Å². The minimum atomic E-state index is 0.136. The highest BCUT2D eigenvalue weighted by atomic mass is 16.5.